The van der Waals surface area contributed by atoms with Gasteiger partial charge in [0.25, 0.3) is 0 Å². The van der Waals surface area contributed by atoms with Gasteiger partial charge in [-0.1, -0.05) is 19.3 Å². The number of amides is 1. The first-order chi connectivity index (χ1) is 10.4. The van der Waals surface area contributed by atoms with Gasteiger partial charge in [0.05, 0.1) is 12.1 Å². The van der Waals surface area contributed by atoms with Gasteiger partial charge >= 0.3 is 0 Å². The minimum atomic E-state index is -0.885. The molecule has 1 saturated carbocycles. The van der Waals surface area contributed by atoms with Gasteiger partial charge < -0.3 is 22.5 Å². The highest BCUT2D eigenvalue weighted by atomic mass is 19.1. The molecule has 0 aromatic rings. The van der Waals surface area contributed by atoms with Gasteiger partial charge in [0.2, 0.25) is 5.91 Å². The molecule has 1 amide bonds. The van der Waals surface area contributed by atoms with E-state index in [1.165, 1.54) is 19.3 Å². The van der Waals surface area contributed by atoms with Crippen LogP contribution < -0.4 is 22.5 Å². The van der Waals surface area contributed by atoms with E-state index >= 15 is 0 Å². The van der Waals surface area contributed by atoms with Crippen LogP contribution >= 0.6 is 0 Å². The minimum Gasteiger partial charge on any atom is -0.369 e. The summed E-state index contributed by atoms with van der Waals surface area (Å²) in [6, 6.07) is -0.230. The number of nitrogens with two attached hydrogens (primary N) is 3. The highest BCUT2D eigenvalue weighted by Gasteiger charge is 2.40. The summed E-state index contributed by atoms with van der Waals surface area (Å²) in [6.07, 6.45) is 7.61. The quantitative estimate of drug-likeness (QED) is 0.586. The van der Waals surface area contributed by atoms with Crippen molar-refractivity contribution in [1.29, 1.82) is 0 Å². The maximum absolute atomic E-state index is 14.0. The third-order valence-electron chi connectivity index (χ3n) is 5.57. The van der Waals surface area contributed by atoms with Crippen molar-refractivity contribution >= 4 is 5.91 Å². The number of halogens is 1. The molecule has 2 rings (SSSR count). The number of rotatable bonds is 3. The van der Waals surface area contributed by atoms with Gasteiger partial charge in [-0.2, -0.15) is 0 Å². The van der Waals surface area contributed by atoms with Gasteiger partial charge in [-0.15, -0.1) is 0 Å². The number of carbonyl (C=O) groups excluding carboxylic acids is 1. The van der Waals surface area contributed by atoms with E-state index in [-0.39, 0.29) is 18.0 Å². The Bertz CT molecular complexity index is 371. The Balaban J connectivity index is 2.21. The summed E-state index contributed by atoms with van der Waals surface area (Å²) in [7, 11) is 0. The Morgan fingerprint density at radius 1 is 1.14 bits per heavy atom. The number of carbonyl (C=O) groups is 1. The predicted molar refractivity (Wildman–Crippen MR) is 85.5 cm³/mol. The van der Waals surface area contributed by atoms with Crippen molar-refractivity contribution in [2.24, 2.45) is 28.5 Å². The molecule has 6 heteroatoms. The molecule has 2 fully saturated rings. The van der Waals surface area contributed by atoms with Crippen molar-refractivity contribution in [3.63, 3.8) is 0 Å². The number of nitrogens with one attached hydrogen (secondary N) is 1. The third-order valence-corrected chi connectivity index (χ3v) is 5.57. The Labute approximate surface area is 132 Å². The smallest absolute Gasteiger partial charge is 0.225 e. The zero-order chi connectivity index (χ0) is 16.2. The zero-order valence-corrected chi connectivity index (χ0v) is 13.4. The lowest BCUT2D eigenvalue weighted by molar-refractivity contribution is -0.123. The molecule has 1 heterocycles. The van der Waals surface area contributed by atoms with Crippen molar-refractivity contribution in [2.45, 2.75) is 76.2 Å². The summed E-state index contributed by atoms with van der Waals surface area (Å²) < 4.78 is 14.0. The van der Waals surface area contributed by atoms with Gasteiger partial charge in [-0.3, -0.25) is 4.79 Å². The van der Waals surface area contributed by atoms with E-state index in [4.69, 9.17) is 17.2 Å². The van der Waals surface area contributed by atoms with Crippen molar-refractivity contribution in [1.82, 2.24) is 5.32 Å². The van der Waals surface area contributed by atoms with Crippen LogP contribution in [0, 0.1) is 11.3 Å². The van der Waals surface area contributed by atoms with Gasteiger partial charge in [0.15, 0.2) is 0 Å². The Morgan fingerprint density at radius 2 is 1.77 bits per heavy atom. The molecule has 3 unspecified atom stereocenters. The molecule has 0 radical (unpaired) electrons. The van der Waals surface area contributed by atoms with E-state index in [2.05, 4.69) is 5.32 Å². The van der Waals surface area contributed by atoms with Crippen LogP contribution in [0.1, 0.15) is 57.8 Å². The van der Waals surface area contributed by atoms with Crippen LogP contribution in [0.15, 0.2) is 0 Å². The summed E-state index contributed by atoms with van der Waals surface area (Å²) in [5.41, 5.74) is 17.3. The van der Waals surface area contributed by atoms with Crippen LogP contribution in [0.2, 0.25) is 0 Å². The Morgan fingerprint density at radius 3 is 2.36 bits per heavy atom. The Hall–Kier alpha value is -0.720. The fraction of sp³-hybridized carbons (Fsp3) is 0.938. The maximum Gasteiger partial charge on any atom is 0.225 e. The molecule has 22 heavy (non-hydrogen) atoms. The van der Waals surface area contributed by atoms with E-state index in [9.17, 15) is 9.18 Å². The zero-order valence-electron chi connectivity index (χ0n) is 13.4. The molecule has 2 aliphatic rings. The lowest BCUT2D eigenvalue weighted by atomic mass is 9.66. The molecule has 0 aromatic heterocycles. The van der Waals surface area contributed by atoms with Crippen molar-refractivity contribution in [3.8, 4) is 0 Å². The molecule has 0 aromatic carbocycles. The highest BCUT2D eigenvalue weighted by molar-refractivity contribution is 5.78. The normalized spacial score (nSPS) is 31.3. The molecule has 3 atom stereocenters. The number of hydrogen-bond acceptors (Lipinski definition) is 4. The van der Waals surface area contributed by atoms with Crippen LogP contribution in [0.3, 0.4) is 0 Å². The van der Waals surface area contributed by atoms with E-state index < -0.39 is 24.2 Å². The molecular formula is C16H31FN4O. The lowest BCUT2D eigenvalue weighted by Crippen LogP contribution is -2.57. The highest BCUT2D eigenvalue weighted by Crippen LogP contribution is 2.45. The van der Waals surface area contributed by atoms with Crippen LogP contribution in [-0.2, 0) is 4.79 Å². The largest absolute Gasteiger partial charge is 0.369 e. The average Bonchev–Trinajstić information content (AvgIpc) is 2.50. The summed E-state index contributed by atoms with van der Waals surface area (Å²) in [5, 5.41) is 3.21. The van der Waals surface area contributed by atoms with Crippen LogP contribution in [0.25, 0.3) is 0 Å². The molecule has 1 spiro atoms. The molecular weight excluding hydrogens is 283 g/mol. The SMILES string of the molecule is NC(=O)C(C(N)N)C1CC2(CCCCC2)CCCC(F)CN1. The lowest BCUT2D eigenvalue weighted by Gasteiger charge is -2.42. The monoisotopic (exact) mass is 314 g/mol. The molecule has 1 saturated heterocycles. The van der Waals surface area contributed by atoms with Gasteiger partial charge in [0, 0.05) is 12.6 Å². The first-order valence-electron chi connectivity index (χ1n) is 8.61. The molecule has 7 N–H and O–H groups in total. The topological polar surface area (TPSA) is 107 Å². The summed E-state index contributed by atoms with van der Waals surface area (Å²) in [4.78, 5) is 11.8. The molecule has 1 aliphatic carbocycles. The predicted octanol–water partition coefficient (Wildman–Crippen LogP) is 1.15. The van der Waals surface area contributed by atoms with E-state index in [1.807, 2.05) is 0 Å². The van der Waals surface area contributed by atoms with Crippen LogP contribution in [0.4, 0.5) is 4.39 Å². The van der Waals surface area contributed by atoms with Crippen LogP contribution in [0.5, 0.6) is 0 Å². The number of primary amides is 1. The summed E-state index contributed by atoms with van der Waals surface area (Å²) in [6.45, 7) is 0.247. The molecule has 128 valence electrons. The molecule has 1 aliphatic heterocycles. The number of hydrogen-bond donors (Lipinski definition) is 4. The minimum absolute atomic E-state index is 0.183. The van der Waals surface area contributed by atoms with Crippen molar-refractivity contribution < 1.29 is 9.18 Å². The second kappa shape index (κ2) is 7.70. The fourth-order valence-corrected chi connectivity index (χ4v) is 4.39. The second-order valence-electron chi connectivity index (χ2n) is 7.27. The van der Waals surface area contributed by atoms with Crippen molar-refractivity contribution in [2.75, 3.05) is 6.54 Å². The van der Waals surface area contributed by atoms with E-state index in [1.54, 1.807) is 0 Å². The molecule has 5 nitrogen and oxygen atoms in total. The Kier molecular flexibility index (Phi) is 6.17. The van der Waals surface area contributed by atoms with Gasteiger partial charge in [-0.25, -0.2) is 4.39 Å². The van der Waals surface area contributed by atoms with E-state index in [0.717, 1.165) is 32.1 Å². The van der Waals surface area contributed by atoms with Crippen molar-refractivity contribution in [3.05, 3.63) is 0 Å². The van der Waals surface area contributed by atoms with Crippen LogP contribution in [-0.4, -0.2) is 30.8 Å². The first kappa shape index (κ1) is 17.6. The standard InChI is InChI=1S/C16H31FN4O/c17-11-5-4-8-16(6-2-1-3-7-16)9-12(21-10-11)13(14(18)19)15(20)22/h11-14,21H,1-10,18-19H2,(H2,20,22). The first-order valence-corrected chi connectivity index (χ1v) is 8.61. The van der Waals surface area contributed by atoms with Gasteiger partial charge in [-0.05, 0) is 43.9 Å². The average molecular weight is 314 g/mol. The molecule has 0 bridgehead atoms. The summed E-state index contributed by atoms with van der Waals surface area (Å²) in [5.74, 6) is -1.14. The summed E-state index contributed by atoms with van der Waals surface area (Å²) >= 11 is 0. The van der Waals surface area contributed by atoms with E-state index in [0.29, 0.717) is 6.42 Å². The fourth-order valence-electron chi connectivity index (χ4n) is 4.39. The third kappa shape index (κ3) is 4.40. The second-order valence-corrected chi connectivity index (χ2v) is 7.27. The number of alkyl halides is 1. The maximum atomic E-state index is 14.0. The van der Waals surface area contributed by atoms with Gasteiger partial charge in [0.1, 0.15) is 6.17 Å².